The van der Waals surface area contributed by atoms with E-state index in [1.807, 2.05) is 4.90 Å². The molecule has 23 heavy (non-hydrogen) atoms. The van der Waals surface area contributed by atoms with Crippen LogP contribution in [0.15, 0.2) is 16.5 Å². The molecule has 0 N–H and O–H groups in total. The number of amides is 1. The molecule has 2 fully saturated rings. The van der Waals surface area contributed by atoms with Gasteiger partial charge in [0.1, 0.15) is 6.29 Å². The SMILES string of the molecule is CN=C(S/C=C/C=O)C1CCN(C(=O)CCC2CCCC2)CC1. The van der Waals surface area contributed by atoms with Crippen molar-refractivity contribution in [3.05, 3.63) is 11.5 Å². The van der Waals surface area contributed by atoms with E-state index in [0.29, 0.717) is 11.8 Å². The number of thioether (sulfide) groups is 1. The van der Waals surface area contributed by atoms with Gasteiger partial charge in [-0.05, 0) is 36.7 Å². The second kappa shape index (κ2) is 9.91. The van der Waals surface area contributed by atoms with Gasteiger partial charge in [0.2, 0.25) is 5.91 Å². The Bertz CT molecular complexity index is 448. The number of nitrogens with zero attached hydrogens (tertiary/aromatic N) is 2. The van der Waals surface area contributed by atoms with Crippen molar-refractivity contribution in [3.63, 3.8) is 0 Å². The van der Waals surface area contributed by atoms with E-state index in [1.54, 1.807) is 12.5 Å². The number of likely N-dealkylation sites (tertiary alicyclic amines) is 1. The number of carbonyl (C=O) groups is 2. The molecule has 2 aliphatic rings. The molecule has 0 radical (unpaired) electrons. The Kier molecular flexibility index (Phi) is 7.86. The molecule has 0 aromatic rings. The van der Waals surface area contributed by atoms with E-state index in [1.165, 1.54) is 43.5 Å². The van der Waals surface area contributed by atoms with E-state index in [4.69, 9.17) is 0 Å². The summed E-state index contributed by atoms with van der Waals surface area (Å²) < 4.78 is 0. The Labute approximate surface area is 143 Å². The zero-order valence-electron chi connectivity index (χ0n) is 14.1. The molecule has 1 saturated carbocycles. The minimum absolute atomic E-state index is 0.332. The van der Waals surface area contributed by atoms with Gasteiger partial charge in [-0.25, -0.2) is 0 Å². The molecule has 128 valence electrons. The maximum absolute atomic E-state index is 12.4. The predicted molar refractivity (Wildman–Crippen MR) is 96.7 cm³/mol. The van der Waals surface area contributed by atoms with Crippen LogP contribution in [0.3, 0.4) is 0 Å². The van der Waals surface area contributed by atoms with Gasteiger partial charge in [-0.2, -0.15) is 0 Å². The highest BCUT2D eigenvalue weighted by Gasteiger charge is 2.26. The molecule has 4 nitrogen and oxygen atoms in total. The van der Waals surface area contributed by atoms with E-state index in [0.717, 1.165) is 56.0 Å². The summed E-state index contributed by atoms with van der Waals surface area (Å²) in [6, 6.07) is 0. The van der Waals surface area contributed by atoms with Gasteiger partial charge in [0.15, 0.2) is 0 Å². The Morgan fingerprint density at radius 2 is 1.91 bits per heavy atom. The molecule has 0 aromatic heterocycles. The van der Waals surface area contributed by atoms with Crippen LogP contribution in [0, 0.1) is 11.8 Å². The number of hydrogen-bond donors (Lipinski definition) is 0. The summed E-state index contributed by atoms with van der Waals surface area (Å²) in [5.41, 5.74) is 0. The number of piperidine rings is 1. The Balaban J connectivity index is 1.72. The lowest BCUT2D eigenvalue weighted by Crippen LogP contribution is -2.39. The third-order valence-corrected chi connectivity index (χ3v) is 6.06. The molecule has 1 saturated heterocycles. The minimum Gasteiger partial charge on any atom is -0.343 e. The van der Waals surface area contributed by atoms with Crippen LogP contribution >= 0.6 is 11.8 Å². The molecule has 2 rings (SSSR count). The molecule has 0 spiro atoms. The van der Waals surface area contributed by atoms with Crippen LogP contribution < -0.4 is 0 Å². The second-order valence-corrected chi connectivity index (χ2v) is 7.41. The predicted octanol–water partition coefficient (Wildman–Crippen LogP) is 3.67. The highest BCUT2D eigenvalue weighted by atomic mass is 32.2. The van der Waals surface area contributed by atoms with Crippen LogP contribution in [-0.2, 0) is 9.59 Å². The highest BCUT2D eigenvalue weighted by molar-refractivity contribution is 8.16. The third kappa shape index (κ3) is 5.79. The summed E-state index contributed by atoms with van der Waals surface area (Å²) in [4.78, 5) is 29.1. The van der Waals surface area contributed by atoms with Crippen molar-refractivity contribution >= 4 is 29.0 Å². The van der Waals surface area contributed by atoms with Crippen LogP contribution in [0.4, 0.5) is 0 Å². The van der Waals surface area contributed by atoms with Crippen molar-refractivity contribution in [1.82, 2.24) is 4.90 Å². The van der Waals surface area contributed by atoms with Crippen molar-refractivity contribution in [2.45, 2.75) is 51.4 Å². The van der Waals surface area contributed by atoms with Crippen molar-refractivity contribution in [2.75, 3.05) is 20.1 Å². The van der Waals surface area contributed by atoms with Crippen molar-refractivity contribution < 1.29 is 9.59 Å². The van der Waals surface area contributed by atoms with Gasteiger partial charge in [0.25, 0.3) is 0 Å². The minimum atomic E-state index is 0.332. The molecule has 1 aliphatic heterocycles. The first kappa shape index (κ1) is 18.2. The molecule has 0 unspecified atom stereocenters. The van der Waals surface area contributed by atoms with Gasteiger partial charge in [-0.3, -0.25) is 14.6 Å². The maximum atomic E-state index is 12.4. The quantitative estimate of drug-likeness (QED) is 0.322. The van der Waals surface area contributed by atoms with Crippen LogP contribution in [0.1, 0.15) is 51.4 Å². The molecule has 0 bridgehead atoms. The summed E-state index contributed by atoms with van der Waals surface area (Å²) in [7, 11) is 1.80. The van der Waals surface area contributed by atoms with Crippen LogP contribution in [0.25, 0.3) is 0 Å². The third-order valence-electron chi connectivity index (χ3n) is 5.00. The normalized spacial score (nSPS) is 21.3. The van der Waals surface area contributed by atoms with Gasteiger partial charge in [0.05, 0.1) is 5.04 Å². The van der Waals surface area contributed by atoms with E-state index >= 15 is 0 Å². The summed E-state index contributed by atoms with van der Waals surface area (Å²) in [6.45, 7) is 1.68. The maximum Gasteiger partial charge on any atom is 0.222 e. The lowest BCUT2D eigenvalue weighted by Gasteiger charge is -2.32. The smallest absolute Gasteiger partial charge is 0.222 e. The van der Waals surface area contributed by atoms with Crippen LogP contribution in [0.5, 0.6) is 0 Å². The number of rotatable bonds is 6. The van der Waals surface area contributed by atoms with Crippen LogP contribution in [0.2, 0.25) is 0 Å². The van der Waals surface area contributed by atoms with Gasteiger partial charge >= 0.3 is 0 Å². The Morgan fingerprint density at radius 1 is 1.22 bits per heavy atom. The van der Waals surface area contributed by atoms with Crippen molar-refractivity contribution in [2.24, 2.45) is 16.8 Å². The number of hydrogen-bond acceptors (Lipinski definition) is 4. The second-order valence-electron chi connectivity index (χ2n) is 6.49. The van der Waals surface area contributed by atoms with E-state index in [-0.39, 0.29) is 0 Å². The monoisotopic (exact) mass is 336 g/mol. The Hall–Kier alpha value is -1.10. The molecular weight excluding hydrogens is 308 g/mol. The fourth-order valence-corrected chi connectivity index (χ4v) is 4.45. The summed E-state index contributed by atoms with van der Waals surface area (Å²) in [5.74, 6) is 1.54. The molecule has 0 aromatic carbocycles. The van der Waals surface area contributed by atoms with Crippen molar-refractivity contribution in [3.8, 4) is 0 Å². The lowest BCUT2D eigenvalue weighted by molar-refractivity contribution is -0.132. The van der Waals surface area contributed by atoms with Gasteiger partial charge in [-0.1, -0.05) is 37.4 Å². The Morgan fingerprint density at radius 3 is 2.52 bits per heavy atom. The molecule has 0 atom stereocenters. The number of carbonyl (C=O) groups excluding carboxylic acids is 2. The van der Waals surface area contributed by atoms with E-state index in [2.05, 4.69) is 4.99 Å². The molecule has 1 amide bonds. The van der Waals surface area contributed by atoms with Gasteiger partial charge < -0.3 is 4.90 Å². The first-order valence-electron chi connectivity index (χ1n) is 8.76. The summed E-state index contributed by atoms with van der Waals surface area (Å²) >= 11 is 1.52. The van der Waals surface area contributed by atoms with E-state index in [9.17, 15) is 9.59 Å². The summed E-state index contributed by atoms with van der Waals surface area (Å²) in [6.07, 6.45) is 11.4. The van der Waals surface area contributed by atoms with Gasteiger partial charge in [0, 0.05) is 32.5 Å². The largest absolute Gasteiger partial charge is 0.343 e. The molecule has 1 aliphatic carbocycles. The first-order valence-corrected chi connectivity index (χ1v) is 9.64. The van der Waals surface area contributed by atoms with Gasteiger partial charge in [-0.15, -0.1) is 0 Å². The fourth-order valence-electron chi connectivity index (χ4n) is 3.63. The van der Waals surface area contributed by atoms with Crippen molar-refractivity contribution in [1.29, 1.82) is 0 Å². The van der Waals surface area contributed by atoms with Crippen LogP contribution in [-0.4, -0.2) is 42.3 Å². The lowest BCUT2D eigenvalue weighted by atomic mass is 9.96. The molecule has 1 heterocycles. The molecular formula is C18H28N2O2S. The number of aliphatic imine (C=N–C) groups is 1. The highest BCUT2D eigenvalue weighted by Crippen LogP contribution is 2.29. The summed E-state index contributed by atoms with van der Waals surface area (Å²) in [5, 5.41) is 2.86. The zero-order valence-corrected chi connectivity index (χ0v) is 14.9. The average Bonchev–Trinajstić information content (AvgIpc) is 3.10. The first-order chi connectivity index (χ1) is 11.2. The number of allylic oxidation sites excluding steroid dienone is 1. The standard InChI is InChI=1S/C18H28N2O2S/c1-19-18(23-14-4-13-21)16-9-11-20(12-10-16)17(22)8-7-15-5-2-3-6-15/h4,13-16H,2-3,5-12H2,1H3/b14-4+,19-18?. The van der Waals surface area contributed by atoms with E-state index < -0.39 is 0 Å². The number of aldehydes is 1. The zero-order chi connectivity index (χ0) is 16.5. The average molecular weight is 337 g/mol. The fraction of sp³-hybridized carbons (Fsp3) is 0.722. The molecule has 5 heteroatoms. The topological polar surface area (TPSA) is 49.7 Å².